The Labute approximate surface area is 130 Å². The lowest BCUT2D eigenvalue weighted by Crippen LogP contribution is -2.43. The summed E-state index contributed by atoms with van der Waals surface area (Å²) in [6, 6.07) is 0.761. The lowest BCUT2D eigenvalue weighted by Gasteiger charge is -2.36. The third-order valence-electron chi connectivity index (χ3n) is 6.03. The fraction of sp³-hybridized carbons (Fsp3) is 0.944. The summed E-state index contributed by atoms with van der Waals surface area (Å²) in [6.07, 6.45) is 8.92. The SMILES string of the molecule is CC1(C)CCCC(CN2CCC(N3CCCCC3)C2)C1=O. The Balaban J connectivity index is 1.51. The lowest BCUT2D eigenvalue weighted by molar-refractivity contribution is -0.134. The summed E-state index contributed by atoms with van der Waals surface area (Å²) in [5, 5.41) is 0. The Bertz CT molecular complexity index is 373. The van der Waals surface area contributed by atoms with E-state index in [2.05, 4.69) is 23.6 Å². The van der Waals surface area contributed by atoms with Gasteiger partial charge >= 0.3 is 0 Å². The topological polar surface area (TPSA) is 23.6 Å². The second-order valence-electron chi connectivity index (χ2n) is 8.14. The summed E-state index contributed by atoms with van der Waals surface area (Å²) < 4.78 is 0. The van der Waals surface area contributed by atoms with E-state index in [9.17, 15) is 4.79 Å². The molecule has 3 rings (SSSR count). The number of hydrogen-bond acceptors (Lipinski definition) is 3. The quantitative estimate of drug-likeness (QED) is 0.799. The van der Waals surface area contributed by atoms with Crippen molar-refractivity contribution in [3.05, 3.63) is 0 Å². The second-order valence-corrected chi connectivity index (χ2v) is 8.14. The van der Waals surface area contributed by atoms with E-state index >= 15 is 0 Å². The number of hydrogen-bond donors (Lipinski definition) is 0. The van der Waals surface area contributed by atoms with E-state index in [-0.39, 0.29) is 5.41 Å². The van der Waals surface area contributed by atoms with Crippen LogP contribution in [-0.4, -0.2) is 54.3 Å². The molecular weight excluding hydrogens is 260 g/mol. The van der Waals surface area contributed by atoms with Gasteiger partial charge in [0.15, 0.2) is 0 Å². The molecule has 0 spiro atoms. The molecule has 3 aliphatic rings. The highest BCUT2D eigenvalue weighted by Gasteiger charge is 2.39. The van der Waals surface area contributed by atoms with Crippen LogP contribution in [0.25, 0.3) is 0 Å². The van der Waals surface area contributed by atoms with Gasteiger partial charge in [-0.3, -0.25) is 9.69 Å². The van der Waals surface area contributed by atoms with E-state index in [0.29, 0.717) is 11.7 Å². The molecule has 120 valence electrons. The van der Waals surface area contributed by atoms with Crippen molar-refractivity contribution >= 4 is 5.78 Å². The average Bonchev–Trinajstić information content (AvgIpc) is 2.93. The van der Waals surface area contributed by atoms with Crippen LogP contribution >= 0.6 is 0 Å². The molecule has 0 amide bonds. The van der Waals surface area contributed by atoms with Crippen molar-refractivity contribution < 1.29 is 4.79 Å². The van der Waals surface area contributed by atoms with Gasteiger partial charge in [0.25, 0.3) is 0 Å². The van der Waals surface area contributed by atoms with E-state index in [4.69, 9.17) is 0 Å². The molecule has 1 aliphatic carbocycles. The molecule has 0 aromatic heterocycles. The molecule has 2 saturated heterocycles. The number of carbonyl (C=O) groups excluding carboxylic acids is 1. The predicted octanol–water partition coefficient (Wildman–Crippen LogP) is 2.94. The highest BCUT2D eigenvalue weighted by Crippen LogP contribution is 2.36. The molecule has 1 saturated carbocycles. The van der Waals surface area contributed by atoms with Gasteiger partial charge in [0.05, 0.1) is 0 Å². The number of nitrogens with zero attached hydrogens (tertiary/aromatic N) is 2. The Kier molecular flexibility index (Phi) is 4.70. The molecule has 0 aromatic rings. The van der Waals surface area contributed by atoms with Crippen LogP contribution in [0, 0.1) is 11.3 Å². The van der Waals surface area contributed by atoms with Crippen LogP contribution < -0.4 is 0 Å². The maximum absolute atomic E-state index is 12.6. The Morgan fingerprint density at radius 1 is 1.05 bits per heavy atom. The van der Waals surface area contributed by atoms with Crippen LogP contribution in [0.4, 0.5) is 0 Å². The van der Waals surface area contributed by atoms with Gasteiger partial charge in [-0.1, -0.05) is 26.7 Å². The monoisotopic (exact) mass is 292 g/mol. The van der Waals surface area contributed by atoms with Gasteiger partial charge in [0, 0.05) is 30.5 Å². The molecule has 2 unspecified atom stereocenters. The summed E-state index contributed by atoms with van der Waals surface area (Å²) in [7, 11) is 0. The minimum absolute atomic E-state index is 0.0745. The zero-order valence-electron chi connectivity index (χ0n) is 13.9. The molecular formula is C18H32N2O. The molecule has 2 atom stereocenters. The van der Waals surface area contributed by atoms with Crippen LogP contribution in [0.15, 0.2) is 0 Å². The van der Waals surface area contributed by atoms with Crippen molar-refractivity contribution in [1.29, 1.82) is 0 Å². The van der Waals surface area contributed by atoms with E-state index in [1.54, 1.807) is 0 Å². The minimum Gasteiger partial charge on any atom is -0.301 e. The van der Waals surface area contributed by atoms with Crippen molar-refractivity contribution in [2.75, 3.05) is 32.7 Å². The molecule has 2 aliphatic heterocycles. The fourth-order valence-corrected chi connectivity index (χ4v) is 4.64. The lowest BCUT2D eigenvalue weighted by atomic mass is 9.71. The van der Waals surface area contributed by atoms with Crippen LogP contribution in [0.2, 0.25) is 0 Å². The van der Waals surface area contributed by atoms with Gasteiger partial charge in [-0.05, 0) is 51.7 Å². The van der Waals surface area contributed by atoms with Gasteiger partial charge in [0.1, 0.15) is 5.78 Å². The smallest absolute Gasteiger partial charge is 0.142 e. The summed E-state index contributed by atoms with van der Waals surface area (Å²) >= 11 is 0. The molecule has 0 aromatic carbocycles. The summed E-state index contributed by atoms with van der Waals surface area (Å²) in [6.45, 7) is 10.3. The van der Waals surface area contributed by atoms with Gasteiger partial charge in [-0.2, -0.15) is 0 Å². The van der Waals surface area contributed by atoms with Gasteiger partial charge in [-0.15, -0.1) is 0 Å². The summed E-state index contributed by atoms with van der Waals surface area (Å²) in [4.78, 5) is 17.9. The minimum atomic E-state index is -0.0745. The normalized spacial score (nSPS) is 35.2. The first-order valence-electron chi connectivity index (χ1n) is 9.07. The molecule has 0 bridgehead atoms. The van der Waals surface area contributed by atoms with Crippen LogP contribution in [0.3, 0.4) is 0 Å². The van der Waals surface area contributed by atoms with Crippen molar-refractivity contribution in [2.45, 2.75) is 64.8 Å². The molecule has 0 N–H and O–H groups in total. The van der Waals surface area contributed by atoms with E-state index < -0.39 is 0 Å². The first-order valence-corrected chi connectivity index (χ1v) is 9.07. The molecule has 3 fully saturated rings. The highest BCUT2D eigenvalue weighted by atomic mass is 16.1. The van der Waals surface area contributed by atoms with Gasteiger partial charge < -0.3 is 4.90 Å². The summed E-state index contributed by atoms with van der Waals surface area (Å²) in [5.41, 5.74) is -0.0745. The van der Waals surface area contributed by atoms with E-state index in [1.165, 1.54) is 58.3 Å². The van der Waals surface area contributed by atoms with E-state index in [0.717, 1.165) is 25.4 Å². The maximum atomic E-state index is 12.6. The van der Waals surface area contributed by atoms with Crippen molar-refractivity contribution in [2.24, 2.45) is 11.3 Å². The number of carbonyl (C=O) groups is 1. The largest absolute Gasteiger partial charge is 0.301 e. The first kappa shape index (κ1) is 15.5. The Morgan fingerprint density at radius 2 is 1.81 bits per heavy atom. The van der Waals surface area contributed by atoms with Gasteiger partial charge in [-0.25, -0.2) is 0 Å². The fourth-order valence-electron chi connectivity index (χ4n) is 4.64. The third-order valence-corrected chi connectivity index (χ3v) is 6.03. The molecule has 21 heavy (non-hydrogen) atoms. The number of likely N-dealkylation sites (tertiary alicyclic amines) is 2. The number of rotatable bonds is 3. The molecule has 0 radical (unpaired) electrons. The van der Waals surface area contributed by atoms with Gasteiger partial charge in [0.2, 0.25) is 0 Å². The number of ketones is 1. The van der Waals surface area contributed by atoms with Crippen LogP contribution in [0.1, 0.15) is 58.8 Å². The van der Waals surface area contributed by atoms with Crippen LogP contribution in [-0.2, 0) is 4.79 Å². The molecule has 3 heteroatoms. The predicted molar refractivity (Wildman–Crippen MR) is 86.4 cm³/mol. The average molecular weight is 292 g/mol. The van der Waals surface area contributed by atoms with Crippen LogP contribution in [0.5, 0.6) is 0 Å². The zero-order valence-corrected chi connectivity index (χ0v) is 13.9. The van der Waals surface area contributed by atoms with Crippen molar-refractivity contribution in [3.63, 3.8) is 0 Å². The summed E-state index contributed by atoms with van der Waals surface area (Å²) in [5.74, 6) is 0.823. The standard InChI is InChI=1S/C18H32N2O/c1-18(2)9-6-7-15(17(18)21)13-19-12-8-16(14-19)20-10-4-3-5-11-20/h15-16H,3-14H2,1-2H3. The molecule has 2 heterocycles. The number of piperidine rings is 1. The zero-order chi connectivity index (χ0) is 14.9. The van der Waals surface area contributed by atoms with Crippen molar-refractivity contribution in [1.82, 2.24) is 9.80 Å². The highest BCUT2D eigenvalue weighted by molar-refractivity contribution is 5.87. The first-order chi connectivity index (χ1) is 10.1. The van der Waals surface area contributed by atoms with E-state index in [1.807, 2.05) is 0 Å². The Hall–Kier alpha value is -0.410. The Morgan fingerprint density at radius 3 is 2.57 bits per heavy atom. The maximum Gasteiger partial charge on any atom is 0.142 e. The number of Topliss-reactive ketones (excluding diaryl/α,β-unsaturated/α-hetero) is 1. The third kappa shape index (κ3) is 3.50. The van der Waals surface area contributed by atoms with Crippen molar-refractivity contribution in [3.8, 4) is 0 Å². The second kappa shape index (κ2) is 6.37. The molecule has 3 nitrogen and oxygen atoms in total.